The molecule has 142 valence electrons. The molecule has 3 fully saturated rings. The van der Waals surface area contributed by atoms with Crippen molar-refractivity contribution >= 4 is 8.07 Å². The Morgan fingerprint density at radius 2 is 1.08 bits per heavy atom. The minimum Gasteiger partial charge on any atom is -0.0882 e. The van der Waals surface area contributed by atoms with Gasteiger partial charge in [-0.15, -0.1) is 0 Å². The van der Waals surface area contributed by atoms with E-state index in [-0.39, 0.29) is 0 Å². The summed E-state index contributed by atoms with van der Waals surface area (Å²) in [5, 5.41) is 0. The van der Waals surface area contributed by atoms with Crippen molar-refractivity contribution < 1.29 is 0 Å². The third-order valence-electron chi connectivity index (χ3n) is 10.2. The van der Waals surface area contributed by atoms with E-state index in [1.54, 1.807) is 12.8 Å². The normalized spacial score (nSPS) is 52.9. The zero-order chi connectivity index (χ0) is 17.9. The maximum atomic E-state index is 2.84. The molecule has 1 heteroatoms. The summed E-state index contributed by atoms with van der Waals surface area (Å²) in [5.74, 6) is 8.03. The number of hydrogen-bond acceptors (Lipinski definition) is 0. The van der Waals surface area contributed by atoms with E-state index in [1.807, 2.05) is 0 Å². The highest BCUT2D eigenvalue weighted by Gasteiger charge is 2.60. The molecule has 10 atom stereocenters. The summed E-state index contributed by atoms with van der Waals surface area (Å²) < 4.78 is 0. The van der Waals surface area contributed by atoms with Crippen LogP contribution in [-0.2, 0) is 0 Å². The Bertz CT molecular complexity index is 520. The Morgan fingerprint density at radius 3 is 1.72 bits per heavy atom. The highest BCUT2D eigenvalue weighted by Crippen LogP contribution is 2.66. The van der Waals surface area contributed by atoms with Crippen LogP contribution in [0.15, 0.2) is 12.2 Å². The van der Waals surface area contributed by atoms with Crippen LogP contribution >= 0.6 is 0 Å². The molecule has 0 nitrogen and oxygen atoms in total. The van der Waals surface area contributed by atoms with Crippen molar-refractivity contribution in [3.63, 3.8) is 0 Å². The van der Waals surface area contributed by atoms with Crippen LogP contribution in [0.3, 0.4) is 0 Å². The molecule has 0 bridgehead atoms. The van der Waals surface area contributed by atoms with Crippen molar-refractivity contribution in [1.82, 2.24) is 0 Å². The van der Waals surface area contributed by atoms with Crippen LogP contribution < -0.4 is 0 Å². The third kappa shape index (κ3) is 2.65. The van der Waals surface area contributed by atoms with E-state index >= 15 is 0 Å². The topological polar surface area (TPSA) is 0 Å². The van der Waals surface area contributed by atoms with Crippen molar-refractivity contribution in [1.29, 1.82) is 0 Å². The molecule has 4 aliphatic carbocycles. The fraction of sp³-hybridized carbons (Fsp3) is 0.917. The second-order valence-electron chi connectivity index (χ2n) is 11.2. The van der Waals surface area contributed by atoms with Gasteiger partial charge >= 0.3 is 0 Å². The number of rotatable bonds is 2. The zero-order valence-electron chi connectivity index (χ0n) is 17.7. The standard InChI is InChI=1S/C24H42Si/c1-15-17(3)23(21-13-9-7-11-19(15)21)25(5,6)24-18(4)16(2)20-12-8-10-14-22(20)24/h7,9,15-24H,8,10-14H2,1-6H3. The van der Waals surface area contributed by atoms with Gasteiger partial charge in [-0.3, -0.25) is 0 Å². The van der Waals surface area contributed by atoms with Crippen molar-refractivity contribution in [2.24, 2.45) is 47.3 Å². The summed E-state index contributed by atoms with van der Waals surface area (Å²) in [6.45, 7) is 16.2. The van der Waals surface area contributed by atoms with Gasteiger partial charge in [0.25, 0.3) is 0 Å². The number of hydrogen-bond donors (Lipinski definition) is 0. The van der Waals surface area contributed by atoms with Gasteiger partial charge in [-0.1, -0.05) is 72.2 Å². The SMILES string of the molecule is CC1C(C)C([Si](C)(C)C2C(C)C(C)C3CCCCC32)C2CC=CCC12. The van der Waals surface area contributed by atoms with Gasteiger partial charge in [0.1, 0.15) is 0 Å². The molecule has 3 saturated carbocycles. The monoisotopic (exact) mass is 358 g/mol. The summed E-state index contributed by atoms with van der Waals surface area (Å²) in [6.07, 6.45) is 13.9. The van der Waals surface area contributed by atoms with Crippen molar-refractivity contribution in [2.45, 2.75) is 90.4 Å². The molecule has 4 rings (SSSR count). The summed E-state index contributed by atoms with van der Waals surface area (Å²) in [5.41, 5.74) is 2.16. The molecule has 0 saturated heterocycles. The highest BCUT2D eigenvalue weighted by atomic mass is 28.3. The number of fused-ring (bicyclic) bond motifs is 2. The van der Waals surface area contributed by atoms with Gasteiger partial charge < -0.3 is 0 Å². The van der Waals surface area contributed by atoms with Crippen LogP contribution in [0.2, 0.25) is 24.2 Å². The maximum Gasteiger partial charge on any atom is 0.0547 e. The second kappa shape index (κ2) is 6.53. The Hall–Kier alpha value is -0.0431. The van der Waals surface area contributed by atoms with E-state index in [4.69, 9.17) is 0 Å². The number of allylic oxidation sites excluding steroid dienone is 2. The first-order valence-corrected chi connectivity index (χ1v) is 14.7. The Kier molecular flexibility index (Phi) is 4.79. The zero-order valence-corrected chi connectivity index (χ0v) is 18.7. The average molecular weight is 359 g/mol. The van der Waals surface area contributed by atoms with Gasteiger partial charge in [-0.2, -0.15) is 0 Å². The molecular weight excluding hydrogens is 316 g/mol. The predicted molar refractivity (Wildman–Crippen MR) is 112 cm³/mol. The lowest BCUT2D eigenvalue weighted by atomic mass is 9.78. The maximum absolute atomic E-state index is 2.84. The predicted octanol–water partition coefficient (Wildman–Crippen LogP) is 7.40. The Labute approximate surface area is 158 Å². The molecule has 0 aromatic heterocycles. The molecule has 25 heavy (non-hydrogen) atoms. The van der Waals surface area contributed by atoms with Gasteiger partial charge in [0.05, 0.1) is 8.07 Å². The molecule has 0 aromatic rings. The average Bonchev–Trinajstić information content (AvgIpc) is 3.01. The van der Waals surface area contributed by atoms with Crippen LogP contribution in [0.25, 0.3) is 0 Å². The molecule has 10 unspecified atom stereocenters. The summed E-state index contributed by atoms with van der Waals surface area (Å²) >= 11 is 0. The fourth-order valence-electron chi connectivity index (χ4n) is 9.06. The lowest BCUT2D eigenvalue weighted by molar-refractivity contribution is 0.231. The Morgan fingerprint density at radius 1 is 0.600 bits per heavy atom. The minimum absolute atomic E-state index is 0.947. The van der Waals surface area contributed by atoms with Crippen LogP contribution in [0.5, 0.6) is 0 Å². The summed E-state index contributed by atoms with van der Waals surface area (Å²) in [6, 6.07) is 0. The smallest absolute Gasteiger partial charge is 0.0547 e. The van der Waals surface area contributed by atoms with Gasteiger partial charge in [0.2, 0.25) is 0 Å². The van der Waals surface area contributed by atoms with Crippen molar-refractivity contribution in [3.8, 4) is 0 Å². The molecule has 0 amide bonds. The van der Waals surface area contributed by atoms with Gasteiger partial charge in [-0.25, -0.2) is 0 Å². The second-order valence-corrected chi connectivity index (χ2v) is 16.2. The highest BCUT2D eigenvalue weighted by molar-refractivity contribution is 6.80. The first kappa shape index (κ1) is 18.3. The van der Waals surface area contributed by atoms with Gasteiger partial charge in [-0.05, 0) is 77.7 Å². The molecule has 0 heterocycles. The third-order valence-corrected chi connectivity index (χ3v) is 15.5. The quantitative estimate of drug-likeness (QED) is 0.356. The first-order chi connectivity index (χ1) is 11.9. The summed E-state index contributed by atoms with van der Waals surface area (Å²) in [4.78, 5) is 0. The van der Waals surface area contributed by atoms with E-state index in [2.05, 4.69) is 52.9 Å². The summed E-state index contributed by atoms with van der Waals surface area (Å²) in [7, 11) is -1.30. The van der Waals surface area contributed by atoms with Crippen molar-refractivity contribution in [2.75, 3.05) is 0 Å². The molecule has 4 aliphatic rings. The Balaban J connectivity index is 1.67. The van der Waals surface area contributed by atoms with E-state index in [0.717, 1.165) is 58.4 Å². The van der Waals surface area contributed by atoms with E-state index in [0.29, 0.717) is 0 Å². The van der Waals surface area contributed by atoms with E-state index in [1.165, 1.54) is 25.7 Å². The molecule has 0 N–H and O–H groups in total. The minimum atomic E-state index is -1.30. The van der Waals surface area contributed by atoms with Gasteiger partial charge in [0, 0.05) is 0 Å². The lowest BCUT2D eigenvalue weighted by Gasteiger charge is -2.47. The van der Waals surface area contributed by atoms with Crippen LogP contribution in [-0.4, -0.2) is 8.07 Å². The van der Waals surface area contributed by atoms with E-state index in [9.17, 15) is 0 Å². The molecular formula is C24H42Si. The molecule has 0 aromatic carbocycles. The van der Waals surface area contributed by atoms with Crippen LogP contribution in [0.1, 0.15) is 66.2 Å². The molecule has 0 aliphatic heterocycles. The molecule has 0 radical (unpaired) electrons. The largest absolute Gasteiger partial charge is 0.0882 e. The van der Waals surface area contributed by atoms with Crippen molar-refractivity contribution in [3.05, 3.63) is 12.2 Å². The van der Waals surface area contributed by atoms with Crippen LogP contribution in [0, 0.1) is 47.3 Å². The molecule has 0 spiro atoms. The van der Waals surface area contributed by atoms with Crippen LogP contribution in [0.4, 0.5) is 0 Å². The lowest BCUT2D eigenvalue weighted by Crippen LogP contribution is -2.46. The fourth-order valence-corrected chi connectivity index (χ4v) is 15.8. The van der Waals surface area contributed by atoms with E-state index < -0.39 is 8.07 Å². The van der Waals surface area contributed by atoms with Gasteiger partial charge in [0.15, 0.2) is 0 Å². The first-order valence-electron chi connectivity index (χ1n) is 11.5.